The van der Waals surface area contributed by atoms with E-state index in [1.807, 2.05) is 17.0 Å². The first kappa shape index (κ1) is 38.3. The number of hydrogen-bond donors (Lipinski definition) is 1. The van der Waals surface area contributed by atoms with Crippen molar-refractivity contribution >= 4 is 35.1 Å². The molecule has 8 heteroatoms. The molecule has 2 aromatic rings. The largest absolute Gasteiger partial charge is 0.465 e. The van der Waals surface area contributed by atoms with E-state index in [0.717, 1.165) is 68.3 Å². The van der Waals surface area contributed by atoms with Crippen LogP contribution in [0.2, 0.25) is 0 Å². The fourth-order valence-corrected chi connectivity index (χ4v) is 7.35. The fraction of sp³-hybridized carbons (Fsp3) is 0.585. The Hall–Kier alpha value is -3.49. The average Bonchev–Trinajstić information content (AvgIpc) is 3.69. The first-order chi connectivity index (χ1) is 23.4. The lowest BCUT2D eigenvalue weighted by Gasteiger charge is -2.33. The van der Waals surface area contributed by atoms with E-state index in [9.17, 15) is 9.59 Å². The third kappa shape index (κ3) is 10.3. The van der Waals surface area contributed by atoms with E-state index >= 15 is 0 Å². The highest BCUT2D eigenvalue weighted by Gasteiger charge is 2.45. The van der Waals surface area contributed by atoms with Gasteiger partial charge in [-0.1, -0.05) is 26.8 Å². The summed E-state index contributed by atoms with van der Waals surface area (Å²) in [5.74, 6) is 1.21. The molecule has 0 radical (unpaired) electrons. The second kappa shape index (κ2) is 17.4. The summed E-state index contributed by atoms with van der Waals surface area (Å²) in [6, 6.07) is 12.4. The zero-order chi connectivity index (χ0) is 35.7. The Balaban J connectivity index is 0.000000710. The normalized spacial score (nSPS) is 19.2. The summed E-state index contributed by atoms with van der Waals surface area (Å²) < 4.78 is 4.95. The first-order valence-corrected chi connectivity index (χ1v) is 18.3. The maximum Gasteiger partial charge on any atom is 0.337 e. The number of benzene rings is 2. The van der Waals surface area contributed by atoms with E-state index in [4.69, 9.17) is 9.53 Å². The molecule has 0 atom stereocenters. The molecule has 0 bridgehead atoms. The molecule has 1 saturated heterocycles. The lowest BCUT2D eigenvalue weighted by Crippen LogP contribution is -2.48. The molecule has 0 unspecified atom stereocenters. The van der Waals surface area contributed by atoms with Crippen LogP contribution in [0.15, 0.2) is 42.1 Å². The second-order valence-electron chi connectivity index (χ2n) is 15.1. The van der Waals surface area contributed by atoms with Gasteiger partial charge in [-0.3, -0.25) is 9.69 Å². The highest BCUT2D eigenvalue weighted by Crippen LogP contribution is 2.58. The molecular weight excluding hydrogens is 612 g/mol. The summed E-state index contributed by atoms with van der Waals surface area (Å²) in [5, 5.41) is 3.89. The molecule has 1 spiro atoms. The number of nitrogens with one attached hydrogen (secondary N) is 1. The highest BCUT2D eigenvalue weighted by molar-refractivity contribution is 5.97. The molecule has 268 valence electrons. The molecule has 1 amide bonds. The second-order valence-corrected chi connectivity index (χ2v) is 15.1. The third-order valence-electron chi connectivity index (χ3n) is 10.4. The van der Waals surface area contributed by atoms with Gasteiger partial charge in [0, 0.05) is 49.8 Å². The number of carbonyl (C=O) groups is 3. The Bertz CT molecular complexity index is 1470. The van der Waals surface area contributed by atoms with Crippen LogP contribution in [0.25, 0.3) is 5.57 Å². The van der Waals surface area contributed by atoms with Crippen molar-refractivity contribution in [3.05, 3.63) is 64.3 Å². The lowest BCUT2D eigenvalue weighted by molar-refractivity contribution is -0.120. The quantitative estimate of drug-likeness (QED) is 0.240. The van der Waals surface area contributed by atoms with Crippen LogP contribution in [0.4, 0.5) is 11.4 Å². The highest BCUT2D eigenvalue weighted by atomic mass is 16.5. The fourth-order valence-electron chi connectivity index (χ4n) is 7.35. The van der Waals surface area contributed by atoms with E-state index in [1.54, 1.807) is 0 Å². The van der Waals surface area contributed by atoms with Gasteiger partial charge in [0.1, 0.15) is 6.29 Å². The van der Waals surface area contributed by atoms with Gasteiger partial charge in [-0.2, -0.15) is 0 Å². The molecule has 3 fully saturated rings. The maximum absolute atomic E-state index is 13.3. The molecule has 2 heterocycles. The van der Waals surface area contributed by atoms with Gasteiger partial charge < -0.3 is 24.6 Å². The van der Waals surface area contributed by atoms with Gasteiger partial charge in [-0.15, -0.1) is 0 Å². The Morgan fingerprint density at radius 2 is 1.61 bits per heavy atom. The minimum absolute atomic E-state index is 0.206. The van der Waals surface area contributed by atoms with E-state index in [1.165, 1.54) is 75.0 Å². The number of anilines is 2. The van der Waals surface area contributed by atoms with Gasteiger partial charge in [-0.25, -0.2) is 4.79 Å². The van der Waals surface area contributed by atoms with E-state index < -0.39 is 0 Å². The van der Waals surface area contributed by atoms with Gasteiger partial charge in [0.05, 0.1) is 19.2 Å². The molecule has 8 nitrogen and oxygen atoms in total. The van der Waals surface area contributed by atoms with Gasteiger partial charge in [0.15, 0.2) is 0 Å². The Labute approximate surface area is 295 Å². The number of likely N-dealkylation sites (N-methyl/N-ethyl adjacent to an activating group) is 1. The Morgan fingerprint density at radius 3 is 2.18 bits per heavy atom. The maximum atomic E-state index is 13.3. The predicted molar refractivity (Wildman–Crippen MR) is 201 cm³/mol. The molecule has 1 N–H and O–H groups in total. The summed E-state index contributed by atoms with van der Waals surface area (Å²) >= 11 is 0. The van der Waals surface area contributed by atoms with Crippen LogP contribution in [0.3, 0.4) is 0 Å². The number of methoxy groups -OCH3 is 1. The number of piperazine rings is 1. The number of allylic oxidation sites excluding steroid dienone is 2. The average molecular weight is 673 g/mol. The topological polar surface area (TPSA) is 82.2 Å². The van der Waals surface area contributed by atoms with Crippen molar-refractivity contribution in [2.75, 3.05) is 63.6 Å². The summed E-state index contributed by atoms with van der Waals surface area (Å²) in [6.07, 6.45) is 9.46. The van der Waals surface area contributed by atoms with Crippen LogP contribution in [-0.2, 0) is 20.7 Å². The Morgan fingerprint density at radius 1 is 0.980 bits per heavy atom. The molecule has 49 heavy (non-hydrogen) atoms. The van der Waals surface area contributed by atoms with E-state index in [0.29, 0.717) is 23.4 Å². The zero-order valence-electron chi connectivity index (χ0n) is 31.4. The number of carbonyl (C=O) groups excluding carboxylic acids is 3. The van der Waals surface area contributed by atoms with Gasteiger partial charge in [0.2, 0.25) is 5.91 Å². The molecule has 6 rings (SSSR count). The van der Waals surface area contributed by atoms with Crippen molar-refractivity contribution in [2.45, 2.75) is 86.5 Å². The number of amides is 1. The zero-order valence-corrected chi connectivity index (χ0v) is 31.4. The van der Waals surface area contributed by atoms with Crippen molar-refractivity contribution < 1.29 is 19.1 Å². The third-order valence-corrected chi connectivity index (χ3v) is 10.4. The molecule has 2 saturated carbocycles. The number of ether oxygens (including phenoxy) is 1. The van der Waals surface area contributed by atoms with Gasteiger partial charge in [0.25, 0.3) is 0 Å². The van der Waals surface area contributed by atoms with Crippen LogP contribution in [0.5, 0.6) is 0 Å². The van der Waals surface area contributed by atoms with Crippen LogP contribution in [0.1, 0.15) is 100 Å². The molecular formula is C41H60N4O4. The number of esters is 1. The Kier molecular flexibility index (Phi) is 13.6. The molecule has 2 aliphatic carbocycles. The van der Waals surface area contributed by atoms with Crippen molar-refractivity contribution in [1.82, 2.24) is 9.80 Å². The lowest BCUT2D eigenvalue weighted by atomic mass is 9.77. The molecule has 2 aliphatic heterocycles. The van der Waals surface area contributed by atoms with Crippen LogP contribution < -0.4 is 10.2 Å². The van der Waals surface area contributed by atoms with Crippen LogP contribution in [0, 0.1) is 24.2 Å². The van der Waals surface area contributed by atoms with Crippen molar-refractivity contribution in [3.63, 3.8) is 0 Å². The van der Waals surface area contributed by atoms with E-state index in [-0.39, 0.29) is 11.9 Å². The summed E-state index contributed by atoms with van der Waals surface area (Å²) in [6.45, 7) is 17.4. The van der Waals surface area contributed by atoms with Crippen molar-refractivity contribution in [1.29, 1.82) is 0 Å². The van der Waals surface area contributed by atoms with Gasteiger partial charge in [-0.05, 0) is 143 Å². The number of fused-ring (bicyclic) bond motifs is 1. The van der Waals surface area contributed by atoms with Crippen LogP contribution in [-0.4, -0.2) is 81.4 Å². The predicted octanol–water partition coefficient (Wildman–Crippen LogP) is 7.60. The number of aryl methyl sites for hydroxylation is 1. The van der Waals surface area contributed by atoms with Crippen LogP contribution >= 0.6 is 0 Å². The standard InChI is InChI=1S/C35H46N4O3.C4H10.C2H4O/c1-24-21-28(34(41)42-4)5-7-30(24)25(2)33(26-9-12-35(13-10-26)14-15-35)36-29-6-8-31-27(22-29)11-16-39(31)32(40)23-38-19-17-37(3)18-20-38;1-4(2)3;1-2-3/h5-8,21-22,26,36H,9-20,23H2,1-4H3;4H,1-3H3;2H,1H3/b33-25+;;. The number of nitrogens with zero attached hydrogens (tertiary/aromatic N) is 3. The minimum atomic E-state index is -0.305. The summed E-state index contributed by atoms with van der Waals surface area (Å²) in [4.78, 5) is 40.8. The molecule has 4 aliphatic rings. The summed E-state index contributed by atoms with van der Waals surface area (Å²) in [7, 11) is 3.57. The monoisotopic (exact) mass is 672 g/mol. The smallest absolute Gasteiger partial charge is 0.337 e. The SMILES string of the molecule is CC(C)C.CC=O.COC(=O)c1ccc(/C(C)=C(/Nc2ccc3c(c2)CCN3C(=O)CN2CCN(C)CC2)C2CCC3(CC2)CC3)c(C)c1. The molecule has 2 aromatic carbocycles. The number of hydrogen-bond acceptors (Lipinski definition) is 7. The van der Waals surface area contributed by atoms with E-state index in [2.05, 4.69) is 81.0 Å². The first-order valence-electron chi connectivity index (χ1n) is 18.3. The van der Waals surface area contributed by atoms with Gasteiger partial charge >= 0.3 is 5.97 Å². The minimum Gasteiger partial charge on any atom is -0.465 e. The van der Waals surface area contributed by atoms with Crippen molar-refractivity contribution in [3.8, 4) is 0 Å². The summed E-state index contributed by atoms with van der Waals surface area (Å²) in [5.41, 5.74) is 9.37. The number of rotatable bonds is 7. The number of aldehydes is 1. The molecule has 0 aromatic heterocycles. The van der Waals surface area contributed by atoms with Crippen molar-refractivity contribution in [2.24, 2.45) is 17.3 Å².